The van der Waals surface area contributed by atoms with Crippen LogP contribution in [0.5, 0.6) is 5.75 Å². The molecule has 2 aromatic heterocycles. The smallest absolute Gasteiger partial charge is 0.337 e. The number of amides is 1. The Morgan fingerprint density at radius 2 is 1.81 bits per heavy atom. The third-order valence-corrected chi connectivity index (χ3v) is 4.80. The molecule has 2 heterocycles. The number of methoxy groups -OCH3 is 1. The molecule has 0 unspecified atom stereocenters. The van der Waals surface area contributed by atoms with Crippen molar-refractivity contribution in [1.29, 1.82) is 0 Å². The molecular weight excluding hydrogens is 394 g/mol. The fourth-order valence-electron chi connectivity index (χ4n) is 3.21. The number of aryl methyl sites for hydroxylation is 1. The molecule has 4 rings (SSSR count). The van der Waals surface area contributed by atoms with Crippen LogP contribution in [0.3, 0.4) is 0 Å². The van der Waals surface area contributed by atoms with E-state index >= 15 is 0 Å². The Morgan fingerprint density at radius 1 is 1.03 bits per heavy atom. The lowest BCUT2D eigenvalue weighted by molar-refractivity contribution is 0.0600. The van der Waals surface area contributed by atoms with Crippen LogP contribution in [0.1, 0.15) is 32.0 Å². The van der Waals surface area contributed by atoms with Gasteiger partial charge in [-0.1, -0.05) is 18.2 Å². The minimum absolute atomic E-state index is 0.235. The number of imidazole rings is 1. The number of fused-ring (bicyclic) bond motifs is 1. The first-order valence-electron chi connectivity index (χ1n) is 9.70. The molecule has 0 aliphatic rings. The maximum absolute atomic E-state index is 12.8. The van der Waals surface area contributed by atoms with E-state index in [1.165, 1.54) is 7.11 Å². The number of pyridine rings is 1. The van der Waals surface area contributed by atoms with Crippen molar-refractivity contribution < 1.29 is 19.1 Å². The summed E-state index contributed by atoms with van der Waals surface area (Å²) in [6.45, 7) is 2.24. The molecule has 0 bridgehead atoms. The van der Waals surface area contributed by atoms with Crippen LogP contribution in [0.25, 0.3) is 5.65 Å². The van der Waals surface area contributed by atoms with Gasteiger partial charge in [0.25, 0.3) is 5.91 Å². The molecule has 7 nitrogen and oxygen atoms in total. The number of hydrogen-bond donors (Lipinski definition) is 1. The third kappa shape index (κ3) is 4.40. The first-order chi connectivity index (χ1) is 15.0. The lowest BCUT2D eigenvalue weighted by atomic mass is 10.1. The summed E-state index contributed by atoms with van der Waals surface area (Å²) in [7, 11) is 1.32. The average Bonchev–Trinajstić information content (AvgIpc) is 3.22. The van der Waals surface area contributed by atoms with Crippen molar-refractivity contribution in [3.63, 3.8) is 0 Å². The first-order valence-corrected chi connectivity index (χ1v) is 9.70. The van der Waals surface area contributed by atoms with Crippen molar-refractivity contribution in [2.75, 3.05) is 12.4 Å². The molecule has 7 heteroatoms. The van der Waals surface area contributed by atoms with Crippen molar-refractivity contribution in [2.45, 2.75) is 13.5 Å². The molecule has 2 aromatic carbocycles. The number of carbonyl (C=O) groups is 2. The van der Waals surface area contributed by atoms with E-state index in [-0.39, 0.29) is 12.5 Å². The highest BCUT2D eigenvalue weighted by molar-refractivity contribution is 6.06. The Bertz CT molecular complexity index is 1250. The standard InChI is InChI=1S/C24H21N3O4/c1-16-6-5-13-27-14-19(25-22(16)27)15-31-21-8-4-3-7-20(21)23(28)26-18-11-9-17(10-12-18)24(29)30-2/h3-14H,15H2,1-2H3,(H,26,28). The number of nitrogens with zero attached hydrogens (tertiary/aromatic N) is 2. The summed E-state index contributed by atoms with van der Waals surface area (Å²) in [5.41, 5.74) is 4.09. The van der Waals surface area contributed by atoms with Crippen molar-refractivity contribution in [3.05, 3.63) is 95.4 Å². The van der Waals surface area contributed by atoms with Crippen LogP contribution in [-0.4, -0.2) is 28.4 Å². The summed E-state index contributed by atoms with van der Waals surface area (Å²) in [5.74, 6) is -0.286. The molecule has 156 valence electrons. The van der Waals surface area contributed by atoms with Gasteiger partial charge >= 0.3 is 5.97 Å². The Morgan fingerprint density at radius 3 is 2.55 bits per heavy atom. The van der Waals surface area contributed by atoms with Crippen LogP contribution < -0.4 is 10.1 Å². The molecule has 1 N–H and O–H groups in total. The number of hydrogen-bond acceptors (Lipinski definition) is 5. The summed E-state index contributed by atoms with van der Waals surface area (Å²) >= 11 is 0. The van der Waals surface area contributed by atoms with Crippen molar-refractivity contribution >= 4 is 23.2 Å². The third-order valence-electron chi connectivity index (χ3n) is 4.80. The summed E-state index contributed by atoms with van der Waals surface area (Å²) < 4.78 is 12.5. The van der Waals surface area contributed by atoms with Gasteiger partial charge in [-0.05, 0) is 55.0 Å². The molecule has 4 aromatic rings. The molecule has 0 aliphatic carbocycles. The van der Waals surface area contributed by atoms with Gasteiger partial charge in [0.2, 0.25) is 0 Å². The highest BCUT2D eigenvalue weighted by Crippen LogP contribution is 2.22. The van der Waals surface area contributed by atoms with Crippen LogP contribution in [0.4, 0.5) is 5.69 Å². The predicted molar refractivity (Wildman–Crippen MR) is 116 cm³/mol. The number of rotatable bonds is 6. The first kappa shape index (κ1) is 20.2. The summed E-state index contributed by atoms with van der Waals surface area (Å²) in [6.07, 6.45) is 3.85. The number of aromatic nitrogens is 2. The minimum Gasteiger partial charge on any atom is -0.486 e. The van der Waals surface area contributed by atoms with Gasteiger partial charge in [-0.25, -0.2) is 9.78 Å². The van der Waals surface area contributed by atoms with Crippen LogP contribution >= 0.6 is 0 Å². The molecule has 0 radical (unpaired) electrons. The topological polar surface area (TPSA) is 81.9 Å². The van der Waals surface area contributed by atoms with E-state index < -0.39 is 5.97 Å². The molecular formula is C24H21N3O4. The summed E-state index contributed by atoms with van der Waals surface area (Å²) in [4.78, 5) is 28.9. The Hall–Kier alpha value is -4.13. The molecule has 1 amide bonds. The highest BCUT2D eigenvalue weighted by Gasteiger charge is 2.14. The SMILES string of the molecule is COC(=O)c1ccc(NC(=O)c2ccccc2OCc2cn3cccc(C)c3n2)cc1. The fraction of sp³-hybridized carbons (Fsp3) is 0.125. The Kier molecular flexibility index (Phi) is 5.66. The zero-order valence-corrected chi connectivity index (χ0v) is 17.2. The lowest BCUT2D eigenvalue weighted by Crippen LogP contribution is -2.14. The van der Waals surface area contributed by atoms with E-state index in [0.717, 1.165) is 16.9 Å². The number of esters is 1. The molecule has 0 spiro atoms. The zero-order chi connectivity index (χ0) is 21.8. The van der Waals surface area contributed by atoms with E-state index in [1.54, 1.807) is 42.5 Å². The van der Waals surface area contributed by atoms with Gasteiger partial charge in [0, 0.05) is 18.1 Å². The molecule has 0 saturated carbocycles. The van der Waals surface area contributed by atoms with Crippen molar-refractivity contribution in [2.24, 2.45) is 0 Å². The van der Waals surface area contributed by atoms with Gasteiger partial charge in [0.15, 0.2) is 0 Å². The van der Waals surface area contributed by atoms with Crippen molar-refractivity contribution in [1.82, 2.24) is 9.38 Å². The van der Waals surface area contributed by atoms with Gasteiger partial charge < -0.3 is 19.2 Å². The Balaban J connectivity index is 1.47. The van der Waals surface area contributed by atoms with Crippen LogP contribution in [0, 0.1) is 6.92 Å². The van der Waals surface area contributed by atoms with E-state index in [4.69, 9.17) is 4.74 Å². The normalized spacial score (nSPS) is 10.6. The van der Waals surface area contributed by atoms with E-state index in [9.17, 15) is 9.59 Å². The van der Waals surface area contributed by atoms with Crippen molar-refractivity contribution in [3.8, 4) is 5.75 Å². The largest absolute Gasteiger partial charge is 0.486 e. The van der Waals surface area contributed by atoms with E-state index in [0.29, 0.717) is 22.6 Å². The second kappa shape index (κ2) is 8.71. The van der Waals surface area contributed by atoms with Gasteiger partial charge in [-0.15, -0.1) is 0 Å². The summed E-state index contributed by atoms with van der Waals surface area (Å²) in [6, 6.07) is 17.5. The summed E-state index contributed by atoms with van der Waals surface area (Å²) in [5, 5.41) is 2.82. The average molecular weight is 415 g/mol. The van der Waals surface area contributed by atoms with Crippen LogP contribution in [0.2, 0.25) is 0 Å². The predicted octanol–water partition coefficient (Wildman–Crippen LogP) is 4.26. The highest BCUT2D eigenvalue weighted by atomic mass is 16.5. The van der Waals surface area contributed by atoms with E-state index in [1.807, 2.05) is 41.9 Å². The number of ether oxygens (including phenoxy) is 2. The number of nitrogens with one attached hydrogen (secondary N) is 1. The number of benzene rings is 2. The Labute approximate surface area is 179 Å². The molecule has 31 heavy (non-hydrogen) atoms. The molecule has 0 saturated heterocycles. The monoisotopic (exact) mass is 415 g/mol. The van der Waals surface area contributed by atoms with Crippen LogP contribution in [-0.2, 0) is 11.3 Å². The van der Waals surface area contributed by atoms with Gasteiger partial charge in [-0.3, -0.25) is 4.79 Å². The second-order valence-corrected chi connectivity index (χ2v) is 6.96. The van der Waals surface area contributed by atoms with Crippen LogP contribution in [0.15, 0.2) is 73.1 Å². The minimum atomic E-state index is -0.432. The number of para-hydroxylation sites is 1. The quantitative estimate of drug-likeness (QED) is 0.476. The maximum Gasteiger partial charge on any atom is 0.337 e. The number of carbonyl (C=O) groups excluding carboxylic acids is 2. The molecule has 0 aliphatic heterocycles. The van der Waals surface area contributed by atoms with Gasteiger partial charge in [0.05, 0.1) is 23.9 Å². The molecule has 0 atom stereocenters. The van der Waals surface area contributed by atoms with E-state index in [2.05, 4.69) is 15.0 Å². The fourth-order valence-corrected chi connectivity index (χ4v) is 3.21. The number of anilines is 1. The second-order valence-electron chi connectivity index (χ2n) is 6.96. The molecule has 0 fully saturated rings. The maximum atomic E-state index is 12.8. The lowest BCUT2D eigenvalue weighted by Gasteiger charge is -2.11. The zero-order valence-electron chi connectivity index (χ0n) is 17.2. The van der Waals surface area contributed by atoms with Gasteiger partial charge in [-0.2, -0.15) is 0 Å². The van der Waals surface area contributed by atoms with Gasteiger partial charge in [0.1, 0.15) is 18.0 Å².